The predicted octanol–water partition coefficient (Wildman–Crippen LogP) is 31.5. The average molecular weight is 1640 g/mol. The van der Waals surface area contributed by atoms with Gasteiger partial charge in [-0.1, -0.05) is 335 Å². The molecule has 10 rings (SSSR count). The highest BCUT2D eigenvalue weighted by molar-refractivity contribution is 6.13. The molecule has 0 saturated carbocycles. The maximum absolute atomic E-state index is 4.60. The fourth-order valence-electron chi connectivity index (χ4n) is 13.3. The quantitative estimate of drug-likeness (QED) is 0.0561. The second-order valence-electron chi connectivity index (χ2n) is 27.0. The van der Waals surface area contributed by atoms with Crippen molar-refractivity contribution in [3.05, 3.63) is 235 Å². The number of hydrazone groups is 5. The topological polar surface area (TPSA) is 78.0 Å². The Morgan fingerprint density at radius 2 is 0.517 bits per heavy atom. The Bertz CT molecular complexity index is 4400. The summed E-state index contributed by atoms with van der Waals surface area (Å²) in [4.78, 5) is 0. The number of nitrogens with zero attached hydrogens (tertiary/aromatic N) is 10. The minimum Gasteiger partial charge on any atom is -0.303 e. The summed E-state index contributed by atoms with van der Waals surface area (Å²) >= 11 is 0. The highest BCUT2D eigenvalue weighted by Crippen LogP contribution is 2.32. The molecule has 120 heavy (non-hydrogen) atoms. The molecule has 10 aromatic carbocycles. The second kappa shape index (κ2) is 70.5. The number of hydrogen-bond donors (Lipinski definition) is 0. The first-order valence-electron chi connectivity index (χ1n) is 46.7. The third-order valence-electron chi connectivity index (χ3n) is 18.4. The third-order valence-corrected chi connectivity index (χ3v) is 18.4. The Labute approximate surface area is 740 Å². The number of aryl methyl sites for hydroxylation is 10. The standard InChI is InChI=1S/5C18H24N2.10C2H6/c1-6-14-8-11-17-16(12-14)10-9-15(7-2)18(17)13(3)19-20(4)5;2*1-6-14-8-9-16-10-15(7-2)12-17(18(16)11-14)13(3)19-20(4)5;1-6-14-8-9-15(7-2)18-12-16(10-11-17(14)18)13(3)19-20(4)5;1-6-14-12-18(13(3)19-20(4)5)15(7-2)17-11-9-8-10-16(14)17;10*1-2/h5*8-12H,6-7H2,1-5H3;10*1-2H3/b5*19-13+;;;;;;;;;;. The van der Waals surface area contributed by atoms with E-state index in [1.807, 2.05) is 234 Å². The van der Waals surface area contributed by atoms with E-state index in [-0.39, 0.29) is 0 Å². The molecule has 0 unspecified atom stereocenters. The van der Waals surface area contributed by atoms with Gasteiger partial charge in [0.05, 0.1) is 28.6 Å². The molecule has 0 saturated heterocycles. The van der Waals surface area contributed by atoms with Crippen LogP contribution in [-0.2, 0) is 64.2 Å². The van der Waals surface area contributed by atoms with Crippen LogP contribution in [0.4, 0.5) is 0 Å². The smallest absolute Gasteiger partial charge is 0.0655 e. The van der Waals surface area contributed by atoms with Crippen molar-refractivity contribution in [2.24, 2.45) is 25.5 Å². The Hall–Kier alpha value is -9.15. The molecule has 0 radical (unpaired) electrons. The van der Waals surface area contributed by atoms with Crippen LogP contribution in [0.1, 0.15) is 326 Å². The molecule has 10 aromatic rings. The Morgan fingerprint density at radius 1 is 0.217 bits per heavy atom. The van der Waals surface area contributed by atoms with Crippen molar-refractivity contribution in [1.82, 2.24) is 25.0 Å². The lowest BCUT2D eigenvalue weighted by Crippen LogP contribution is -2.10. The largest absolute Gasteiger partial charge is 0.303 e. The van der Waals surface area contributed by atoms with E-state index in [4.69, 9.17) is 0 Å². The van der Waals surface area contributed by atoms with Gasteiger partial charge in [0.25, 0.3) is 0 Å². The summed E-state index contributed by atoms with van der Waals surface area (Å²) in [6.07, 6.45) is 10.5. The van der Waals surface area contributed by atoms with Crippen LogP contribution >= 0.6 is 0 Å². The molecule has 670 valence electrons. The second-order valence-corrected chi connectivity index (χ2v) is 27.0. The minimum absolute atomic E-state index is 1.03. The molecule has 0 spiro atoms. The summed E-state index contributed by atoms with van der Waals surface area (Å²) in [6.45, 7) is 72.5. The molecule has 0 N–H and O–H groups in total. The van der Waals surface area contributed by atoms with Gasteiger partial charge in [-0.15, -0.1) is 0 Å². The maximum Gasteiger partial charge on any atom is 0.0655 e. The lowest BCUT2D eigenvalue weighted by Gasteiger charge is -2.16. The number of fused-ring (bicyclic) bond motifs is 5. The molecule has 10 nitrogen and oxygen atoms in total. The lowest BCUT2D eigenvalue weighted by atomic mass is 9.90. The van der Waals surface area contributed by atoms with Crippen LogP contribution in [0.25, 0.3) is 53.9 Å². The molecule has 0 amide bonds. The summed E-state index contributed by atoms with van der Waals surface area (Å²) < 4.78 is 0. The van der Waals surface area contributed by atoms with Crippen molar-refractivity contribution < 1.29 is 0 Å². The van der Waals surface area contributed by atoms with Gasteiger partial charge in [0.1, 0.15) is 0 Å². The molecule has 0 aromatic heterocycles. The van der Waals surface area contributed by atoms with E-state index >= 15 is 0 Å². The van der Waals surface area contributed by atoms with Crippen molar-refractivity contribution in [2.45, 2.75) is 307 Å². The molecule has 0 bridgehead atoms. The molecule has 0 aliphatic rings. The average Bonchev–Trinajstić information content (AvgIpc) is 0.800. The van der Waals surface area contributed by atoms with Crippen LogP contribution in [-0.4, -0.2) is 124 Å². The molecule has 0 heterocycles. The van der Waals surface area contributed by atoms with Crippen molar-refractivity contribution in [1.29, 1.82) is 0 Å². The van der Waals surface area contributed by atoms with Crippen LogP contribution in [0.5, 0.6) is 0 Å². The van der Waals surface area contributed by atoms with Gasteiger partial charge in [0.2, 0.25) is 0 Å². The highest BCUT2D eigenvalue weighted by Gasteiger charge is 2.16. The van der Waals surface area contributed by atoms with Crippen molar-refractivity contribution in [3.63, 3.8) is 0 Å². The summed E-state index contributed by atoms with van der Waals surface area (Å²) in [6, 6.07) is 56.2. The number of hydrogen-bond acceptors (Lipinski definition) is 10. The Morgan fingerprint density at radius 3 is 0.892 bits per heavy atom. The zero-order valence-corrected chi connectivity index (χ0v) is 86.0. The van der Waals surface area contributed by atoms with Crippen molar-refractivity contribution in [2.75, 3.05) is 70.5 Å². The third kappa shape index (κ3) is 39.1. The zero-order chi connectivity index (χ0) is 93.5. The first kappa shape index (κ1) is 119. The van der Waals surface area contributed by atoms with Gasteiger partial charge in [0, 0.05) is 92.7 Å². The molecule has 10 heteroatoms. The van der Waals surface area contributed by atoms with Gasteiger partial charge >= 0.3 is 0 Å². The van der Waals surface area contributed by atoms with E-state index in [0.29, 0.717) is 0 Å². The van der Waals surface area contributed by atoms with Crippen LogP contribution < -0.4 is 0 Å². The normalized spacial score (nSPS) is 10.5. The SMILES string of the molecule is CC.CC.CC.CC.CC.CC.CC.CC.CC.CC.CCc1cc(/C(C)=N/N(C)C)c(CC)c2ccccc12.CCc1cc(/C(C)=N/N(C)C)c2cc(CC)ccc2c1.CCc1cc(/C(C)=N/N(C)C)c2cc(CC)ccc2c1.CCc1ccc(CC)c2cc(/C(C)=N/N(C)C)ccc12.CCc1ccc2c(/C(C)=N/N(C)C)c(CC)ccc2c1. The predicted molar refractivity (Wildman–Crippen MR) is 556 cm³/mol. The molecular weight excluding hydrogens is 1460 g/mol. The van der Waals surface area contributed by atoms with Gasteiger partial charge in [-0.3, -0.25) is 0 Å². The van der Waals surface area contributed by atoms with E-state index in [9.17, 15) is 0 Å². The number of benzene rings is 10. The van der Waals surface area contributed by atoms with E-state index < -0.39 is 0 Å². The fraction of sp³-hybridized carbons (Fsp3) is 0.500. The van der Waals surface area contributed by atoms with E-state index in [1.165, 1.54) is 137 Å². The first-order chi connectivity index (χ1) is 57.8. The maximum atomic E-state index is 4.60. The summed E-state index contributed by atoms with van der Waals surface area (Å²) in [5, 5.41) is 45.5. The van der Waals surface area contributed by atoms with E-state index in [1.54, 1.807) is 0 Å². The van der Waals surface area contributed by atoms with E-state index in [2.05, 4.69) is 281 Å². The first-order valence-corrected chi connectivity index (χ1v) is 46.7. The minimum atomic E-state index is 1.03. The zero-order valence-electron chi connectivity index (χ0n) is 86.0. The van der Waals surface area contributed by atoms with Gasteiger partial charge in [0.15, 0.2) is 0 Å². The molecule has 0 aliphatic carbocycles. The van der Waals surface area contributed by atoms with Gasteiger partial charge in [-0.25, -0.2) is 0 Å². The van der Waals surface area contributed by atoms with Gasteiger partial charge < -0.3 is 25.0 Å². The van der Waals surface area contributed by atoms with Gasteiger partial charge in [-0.05, 0) is 238 Å². The fourth-order valence-corrected chi connectivity index (χ4v) is 13.3. The van der Waals surface area contributed by atoms with Gasteiger partial charge in [-0.2, -0.15) is 25.5 Å². The summed E-state index contributed by atoms with van der Waals surface area (Å²) in [5.74, 6) is 0. The monoisotopic (exact) mass is 1640 g/mol. The molecular formula is C110H180N10. The summed E-state index contributed by atoms with van der Waals surface area (Å²) in [7, 11) is 19.6. The molecule has 0 aliphatic heterocycles. The highest BCUT2D eigenvalue weighted by atomic mass is 15.4. The van der Waals surface area contributed by atoms with Crippen molar-refractivity contribution in [3.8, 4) is 0 Å². The Balaban J connectivity index is -0.000000435. The van der Waals surface area contributed by atoms with Crippen LogP contribution in [0.15, 0.2) is 177 Å². The van der Waals surface area contributed by atoms with Crippen LogP contribution in [0, 0.1) is 0 Å². The molecule has 0 fully saturated rings. The lowest BCUT2D eigenvalue weighted by molar-refractivity contribution is 0.437. The van der Waals surface area contributed by atoms with Crippen LogP contribution in [0.2, 0.25) is 0 Å². The number of rotatable bonds is 20. The summed E-state index contributed by atoms with van der Waals surface area (Å²) in [5.41, 5.74) is 25.5. The van der Waals surface area contributed by atoms with Crippen LogP contribution in [0.3, 0.4) is 0 Å². The molecule has 0 atom stereocenters. The Kier molecular flexibility index (Phi) is 70.2. The van der Waals surface area contributed by atoms with Crippen molar-refractivity contribution >= 4 is 82.4 Å². The van der Waals surface area contributed by atoms with E-state index in [0.717, 1.165) is 92.8 Å².